The molecule has 5 nitrogen and oxygen atoms in total. The summed E-state index contributed by atoms with van der Waals surface area (Å²) in [5, 5.41) is 3.01. The second kappa shape index (κ2) is 13.2. The van der Waals surface area contributed by atoms with Crippen molar-refractivity contribution in [1.82, 2.24) is 10.2 Å². The minimum Gasteiger partial charge on any atom is -0.381 e. The molecule has 1 amide bonds. The van der Waals surface area contributed by atoms with Gasteiger partial charge in [-0.2, -0.15) is 0 Å². The standard InChI is InChI=1S/C17H33N3O2.2ClH/c1-14-6-2-4-10-20(14)11-5-3-9-19-17(21)16(18)15-7-12-22-13-8-15;;/h14-16H,2-13,18H2,1H3,(H,19,21);2*1H. The first-order chi connectivity index (χ1) is 10.7. The molecule has 0 bridgehead atoms. The van der Waals surface area contributed by atoms with Gasteiger partial charge in [0.2, 0.25) is 5.91 Å². The number of likely N-dealkylation sites (tertiary alicyclic amines) is 1. The third kappa shape index (κ3) is 7.87. The SMILES string of the molecule is CC1CCCCN1CCCCNC(=O)C(N)C1CCOCC1.Cl.Cl. The molecule has 2 aliphatic heterocycles. The fourth-order valence-corrected chi connectivity index (χ4v) is 3.55. The summed E-state index contributed by atoms with van der Waals surface area (Å²) in [7, 11) is 0. The van der Waals surface area contributed by atoms with Crippen LogP contribution in [-0.4, -0.2) is 55.7 Å². The van der Waals surface area contributed by atoms with Gasteiger partial charge in [0, 0.05) is 25.8 Å². The number of piperidine rings is 1. The lowest BCUT2D eigenvalue weighted by Gasteiger charge is -2.33. The van der Waals surface area contributed by atoms with Gasteiger partial charge in [-0.25, -0.2) is 0 Å². The molecular formula is C17H35Cl2N3O2. The number of carbonyl (C=O) groups is 1. The molecule has 0 radical (unpaired) electrons. The average molecular weight is 384 g/mol. The molecule has 0 aromatic rings. The highest BCUT2D eigenvalue weighted by atomic mass is 35.5. The number of hydrogen-bond donors (Lipinski definition) is 2. The van der Waals surface area contributed by atoms with E-state index in [0.29, 0.717) is 0 Å². The zero-order valence-electron chi connectivity index (χ0n) is 14.9. The van der Waals surface area contributed by atoms with Crippen LogP contribution in [0.15, 0.2) is 0 Å². The van der Waals surface area contributed by atoms with Crippen molar-refractivity contribution < 1.29 is 9.53 Å². The number of nitrogens with one attached hydrogen (secondary N) is 1. The lowest BCUT2D eigenvalue weighted by Crippen LogP contribution is -2.47. The van der Waals surface area contributed by atoms with Crippen molar-refractivity contribution in [2.75, 3.05) is 32.8 Å². The number of unbranched alkanes of at least 4 members (excludes halogenated alkanes) is 1. The predicted molar refractivity (Wildman–Crippen MR) is 103 cm³/mol. The predicted octanol–water partition coefficient (Wildman–Crippen LogP) is 2.35. The molecule has 0 aromatic heterocycles. The van der Waals surface area contributed by atoms with Gasteiger partial charge in [0.25, 0.3) is 0 Å². The molecule has 24 heavy (non-hydrogen) atoms. The minimum atomic E-state index is -0.369. The number of halogens is 2. The smallest absolute Gasteiger partial charge is 0.237 e. The van der Waals surface area contributed by atoms with Gasteiger partial charge >= 0.3 is 0 Å². The van der Waals surface area contributed by atoms with Crippen LogP contribution in [0, 0.1) is 5.92 Å². The highest BCUT2D eigenvalue weighted by Gasteiger charge is 2.26. The summed E-state index contributed by atoms with van der Waals surface area (Å²) in [6, 6.07) is 0.358. The maximum atomic E-state index is 12.1. The molecule has 2 aliphatic rings. The van der Waals surface area contributed by atoms with E-state index < -0.39 is 0 Å². The molecule has 2 rings (SSSR count). The van der Waals surface area contributed by atoms with Gasteiger partial charge in [-0.15, -0.1) is 24.8 Å². The molecule has 2 saturated heterocycles. The van der Waals surface area contributed by atoms with Crippen LogP contribution in [0.2, 0.25) is 0 Å². The van der Waals surface area contributed by atoms with Crippen molar-refractivity contribution in [3.63, 3.8) is 0 Å². The summed E-state index contributed by atoms with van der Waals surface area (Å²) in [5.74, 6) is 0.293. The molecule has 0 spiro atoms. The second-order valence-electron chi connectivity index (χ2n) is 6.85. The summed E-state index contributed by atoms with van der Waals surface area (Å²) in [5.41, 5.74) is 6.07. The summed E-state index contributed by atoms with van der Waals surface area (Å²) in [6.07, 6.45) is 8.03. The van der Waals surface area contributed by atoms with E-state index in [0.717, 1.165) is 58.0 Å². The summed E-state index contributed by atoms with van der Waals surface area (Å²) < 4.78 is 5.32. The van der Waals surface area contributed by atoms with Crippen LogP contribution >= 0.6 is 24.8 Å². The van der Waals surface area contributed by atoms with E-state index >= 15 is 0 Å². The molecule has 144 valence electrons. The molecule has 2 atom stereocenters. The monoisotopic (exact) mass is 383 g/mol. The van der Waals surface area contributed by atoms with Gasteiger partial charge in [-0.3, -0.25) is 4.79 Å². The van der Waals surface area contributed by atoms with E-state index in [9.17, 15) is 4.79 Å². The van der Waals surface area contributed by atoms with Crippen LogP contribution in [-0.2, 0) is 9.53 Å². The third-order valence-electron chi connectivity index (χ3n) is 5.19. The van der Waals surface area contributed by atoms with E-state index in [-0.39, 0.29) is 42.7 Å². The Labute approximate surface area is 159 Å². The van der Waals surface area contributed by atoms with E-state index in [2.05, 4.69) is 17.1 Å². The quantitative estimate of drug-likeness (QED) is 0.662. The number of amides is 1. The van der Waals surface area contributed by atoms with Gasteiger partial charge < -0.3 is 20.7 Å². The molecule has 0 saturated carbocycles. The number of nitrogens with zero attached hydrogens (tertiary/aromatic N) is 1. The lowest BCUT2D eigenvalue weighted by atomic mass is 9.92. The minimum absolute atomic E-state index is 0. The van der Waals surface area contributed by atoms with Gasteiger partial charge in [-0.1, -0.05) is 6.42 Å². The van der Waals surface area contributed by atoms with Crippen LogP contribution in [0.4, 0.5) is 0 Å². The fourth-order valence-electron chi connectivity index (χ4n) is 3.55. The van der Waals surface area contributed by atoms with E-state index in [1.165, 1.54) is 25.8 Å². The Balaban J connectivity index is 0.00000264. The Hall–Kier alpha value is -0.0700. The molecule has 2 fully saturated rings. The van der Waals surface area contributed by atoms with Crippen molar-refractivity contribution in [2.24, 2.45) is 11.7 Å². The van der Waals surface area contributed by atoms with Crippen molar-refractivity contribution in [3.05, 3.63) is 0 Å². The van der Waals surface area contributed by atoms with E-state index in [4.69, 9.17) is 10.5 Å². The molecule has 2 unspecified atom stereocenters. The molecule has 0 aromatic carbocycles. The van der Waals surface area contributed by atoms with Crippen LogP contribution in [0.5, 0.6) is 0 Å². The number of rotatable bonds is 7. The fraction of sp³-hybridized carbons (Fsp3) is 0.941. The molecule has 3 N–H and O–H groups in total. The molecular weight excluding hydrogens is 349 g/mol. The molecule has 2 heterocycles. The average Bonchev–Trinajstić information content (AvgIpc) is 2.56. The zero-order chi connectivity index (χ0) is 15.8. The van der Waals surface area contributed by atoms with Crippen molar-refractivity contribution in [1.29, 1.82) is 0 Å². The Bertz CT molecular complexity index is 342. The Kier molecular flexibility index (Phi) is 13.1. The van der Waals surface area contributed by atoms with Gasteiger partial charge in [0.15, 0.2) is 0 Å². The number of hydrogen-bond acceptors (Lipinski definition) is 4. The number of nitrogens with two attached hydrogens (primary N) is 1. The second-order valence-corrected chi connectivity index (χ2v) is 6.85. The number of ether oxygens (including phenoxy) is 1. The van der Waals surface area contributed by atoms with Gasteiger partial charge in [0.05, 0.1) is 6.04 Å². The largest absolute Gasteiger partial charge is 0.381 e. The Morgan fingerprint density at radius 1 is 1.21 bits per heavy atom. The first kappa shape index (κ1) is 23.9. The van der Waals surface area contributed by atoms with Crippen LogP contribution in [0.3, 0.4) is 0 Å². The van der Waals surface area contributed by atoms with Crippen LogP contribution < -0.4 is 11.1 Å². The third-order valence-corrected chi connectivity index (χ3v) is 5.19. The van der Waals surface area contributed by atoms with Gasteiger partial charge in [-0.05, 0) is 64.5 Å². The number of carbonyl (C=O) groups excluding carboxylic acids is 1. The zero-order valence-corrected chi connectivity index (χ0v) is 16.5. The summed E-state index contributed by atoms with van der Waals surface area (Å²) >= 11 is 0. The van der Waals surface area contributed by atoms with Crippen molar-refractivity contribution in [2.45, 2.75) is 64.0 Å². The normalized spacial score (nSPS) is 23.7. The topological polar surface area (TPSA) is 67.6 Å². The van der Waals surface area contributed by atoms with Gasteiger partial charge in [0.1, 0.15) is 0 Å². The van der Waals surface area contributed by atoms with E-state index in [1.54, 1.807) is 0 Å². The maximum Gasteiger partial charge on any atom is 0.237 e. The van der Waals surface area contributed by atoms with Crippen molar-refractivity contribution in [3.8, 4) is 0 Å². The summed E-state index contributed by atoms with van der Waals surface area (Å²) in [6.45, 7) is 6.94. The maximum absolute atomic E-state index is 12.1. The highest BCUT2D eigenvalue weighted by Crippen LogP contribution is 2.18. The first-order valence-electron chi connectivity index (χ1n) is 9.03. The van der Waals surface area contributed by atoms with Crippen LogP contribution in [0.1, 0.15) is 51.9 Å². The summed E-state index contributed by atoms with van der Waals surface area (Å²) in [4.78, 5) is 14.7. The molecule has 0 aliphatic carbocycles. The highest BCUT2D eigenvalue weighted by molar-refractivity contribution is 5.85. The Morgan fingerprint density at radius 3 is 2.58 bits per heavy atom. The molecule has 7 heteroatoms. The lowest BCUT2D eigenvalue weighted by molar-refractivity contribution is -0.124. The Morgan fingerprint density at radius 2 is 1.92 bits per heavy atom. The van der Waals surface area contributed by atoms with Crippen molar-refractivity contribution >= 4 is 30.7 Å². The first-order valence-corrected chi connectivity index (χ1v) is 9.03. The van der Waals surface area contributed by atoms with E-state index in [1.807, 2.05) is 0 Å². The van der Waals surface area contributed by atoms with Crippen LogP contribution in [0.25, 0.3) is 0 Å².